The fraction of sp³-hybridized carbons (Fsp3) is 0.952. The van der Waals surface area contributed by atoms with Gasteiger partial charge >= 0.3 is 17.9 Å². The minimum atomic E-state index is -0.763. The first kappa shape index (κ1) is 67.4. The molecule has 0 rings (SSSR count). The van der Waals surface area contributed by atoms with Crippen molar-refractivity contribution in [3.63, 3.8) is 0 Å². The highest BCUT2D eigenvalue weighted by Gasteiger charge is 2.19. The minimum absolute atomic E-state index is 0.0620. The van der Waals surface area contributed by atoms with Gasteiger partial charge in [-0.1, -0.05) is 317 Å². The van der Waals surface area contributed by atoms with E-state index >= 15 is 0 Å². The van der Waals surface area contributed by atoms with Crippen LogP contribution in [-0.4, -0.2) is 37.2 Å². The van der Waals surface area contributed by atoms with E-state index in [-0.39, 0.29) is 31.1 Å². The number of hydrogen-bond donors (Lipinski definition) is 0. The highest BCUT2D eigenvalue weighted by atomic mass is 16.6. The number of carbonyl (C=O) groups is 3. The summed E-state index contributed by atoms with van der Waals surface area (Å²) in [5.74, 6) is 0.856. The fourth-order valence-electron chi connectivity index (χ4n) is 9.76. The average molecular weight is 976 g/mol. The molecule has 0 aliphatic heterocycles. The second kappa shape index (κ2) is 55.7. The van der Waals surface area contributed by atoms with Crippen molar-refractivity contribution in [3.05, 3.63) is 0 Å². The van der Waals surface area contributed by atoms with Gasteiger partial charge in [0.05, 0.1) is 0 Å². The van der Waals surface area contributed by atoms with E-state index in [1.165, 1.54) is 244 Å². The molecule has 6 heteroatoms. The summed E-state index contributed by atoms with van der Waals surface area (Å²) >= 11 is 0. The molecule has 0 spiro atoms. The molecule has 0 aromatic rings. The number of unbranched alkanes of at least 4 members (excludes halogenated alkanes) is 42. The molecule has 0 unspecified atom stereocenters. The van der Waals surface area contributed by atoms with Gasteiger partial charge in [-0.25, -0.2) is 0 Å². The van der Waals surface area contributed by atoms with Gasteiger partial charge in [-0.3, -0.25) is 14.4 Å². The summed E-state index contributed by atoms with van der Waals surface area (Å²) < 4.78 is 17.0. The Morgan fingerprint density at radius 3 is 0.710 bits per heavy atom. The lowest BCUT2D eigenvalue weighted by Gasteiger charge is -2.18. The second-order valence-corrected chi connectivity index (χ2v) is 22.6. The standard InChI is InChI=1S/C63H122O6/c1-6-7-8-9-10-11-12-13-14-15-16-23-28-33-38-43-48-53-61(64)67-56-60(69-63(66)55-50-45-40-35-30-25-20-18-22-27-32-37-42-47-52-59(4)5)57-68-62(65)54-49-44-39-34-29-24-19-17-21-26-31-36-41-46-51-58(2)3/h58-60H,6-57H2,1-5H3/t60-/m0/s1. The van der Waals surface area contributed by atoms with Gasteiger partial charge in [0.2, 0.25) is 0 Å². The lowest BCUT2D eigenvalue weighted by Crippen LogP contribution is -2.30. The molecular formula is C63H122O6. The van der Waals surface area contributed by atoms with Crippen molar-refractivity contribution in [1.82, 2.24) is 0 Å². The maximum atomic E-state index is 12.9. The van der Waals surface area contributed by atoms with Crippen molar-refractivity contribution >= 4 is 17.9 Å². The van der Waals surface area contributed by atoms with Crippen LogP contribution in [0.3, 0.4) is 0 Å². The summed E-state index contributed by atoms with van der Waals surface area (Å²) in [6, 6.07) is 0. The van der Waals surface area contributed by atoms with E-state index in [1.54, 1.807) is 0 Å². The van der Waals surface area contributed by atoms with Gasteiger partial charge in [-0.05, 0) is 31.1 Å². The SMILES string of the molecule is CCCCCCCCCCCCCCCCCCCC(=O)OC[C@@H](COC(=O)CCCCCCCCCCCCCCCCC(C)C)OC(=O)CCCCCCCCCCCCCCCCC(C)C. The van der Waals surface area contributed by atoms with Crippen molar-refractivity contribution in [1.29, 1.82) is 0 Å². The first-order valence-corrected chi connectivity index (χ1v) is 31.2. The average Bonchev–Trinajstić information content (AvgIpc) is 3.32. The van der Waals surface area contributed by atoms with Crippen LogP contribution in [0.1, 0.15) is 356 Å². The summed E-state index contributed by atoms with van der Waals surface area (Å²) in [4.78, 5) is 38.3. The van der Waals surface area contributed by atoms with E-state index < -0.39 is 6.10 Å². The summed E-state index contributed by atoms with van der Waals surface area (Å²) in [6.07, 6.45) is 61.0. The lowest BCUT2D eigenvalue weighted by molar-refractivity contribution is -0.167. The smallest absolute Gasteiger partial charge is 0.306 e. The molecule has 0 saturated carbocycles. The molecule has 0 fully saturated rings. The molecule has 0 amide bonds. The Labute approximate surface area is 431 Å². The van der Waals surface area contributed by atoms with Gasteiger partial charge in [0.25, 0.3) is 0 Å². The van der Waals surface area contributed by atoms with Gasteiger partial charge in [0.15, 0.2) is 6.10 Å². The number of ether oxygens (including phenoxy) is 3. The molecule has 6 nitrogen and oxygen atoms in total. The molecule has 0 radical (unpaired) electrons. The normalized spacial score (nSPS) is 12.0. The largest absolute Gasteiger partial charge is 0.462 e. The molecule has 69 heavy (non-hydrogen) atoms. The van der Waals surface area contributed by atoms with E-state index in [2.05, 4.69) is 34.6 Å². The Morgan fingerprint density at radius 1 is 0.275 bits per heavy atom. The summed E-state index contributed by atoms with van der Waals surface area (Å²) in [5.41, 5.74) is 0. The fourth-order valence-corrected chi connectivity index (χ4v) is 9.76. The topological polar surface area (TPSA) is 78.9 Å². The molecular weight excluding hydrogens is 853 g/mol. The molecule has 0 bridgehead atoms. The van der Waals surface area contributed by atoms with Gasteiger partial charge < -0.3 is 14.2 Å². The van der Waals surface area contributed by atoms with Crippen LogP contribution in [0.15, 0.2) is 0 Å². The van der Waals surface area contributed by atoms with Crippen LogP contribution in [-0.2, 0) is 28.6 Å². The van der Waals surface area contributed by atoms with Gasteiger partial charge in [0.1, 0.15) is 13.2 Å². The molecule has 410 valence electrons. The quantitative estimate of drug-likeness (QED) is 0.0343. The van der Waals surface area contributed by atoms with Crippen molar-refractivity contribution in [2.24, 2.45) is 11.8 Å². The van der Waals surface area contributed by atoms with Crippen LogP contribution < -0.4 is 0 Å². The van der Waals surface area contributed by atoms with Crippen molar-refractivity contribution in [2.45, 2.75) is 362 Å². The minimum Gasteiger partial charge on any atom is -0.462 e. The van der Waals surface area contributed by atoms with Crippen molar-refractivity contribution in [2.75, 3.05) is 13.2 Å². The van der Waals surface area contributed by atoms with E-state index in [1.807, 2.05) is 0 Å². The van der Waals surface area contributed by atoms with Crippen LogP contribution >= 0.6 is 0 Å². The predicted molar refractivity (Wildman–Crippen MR) is 298 cm³/mol. The molecule has 0 aliphatic carbocycles. The van der Waals surface area contributed by atoms with Crippen molar-refractivity contribution in [3.8, 4) is 0 Å². The number of rotatable bonds is 57. The van der Waals surface area contributed by atoms with E-state index in [4.69, 9.17) is 14.2 Å². The third-order valence-electron chi connectivity index (χ3n) is 14.5. The van der Waals surface area contributed by atoms with Crippen LogP contribution in [0.25, 0.3) is 0 Å². The molecule has 0 N–H and O–H groups in total. The molecule has 0 aromatic carbocycles. The number of esters is 3. The van der Waals surface area contributed by atoms with E-state index in [0.29, 0.717) is 19.3 Å². The van der Waals surface area contributed by atoms with Gasteiger partial charge in [-0.2, -0.15) is 0 Å². The molecule has 0 heterocycles. The van der Waals surface area contributed by atoms with Gasteiger partial charge in [-0.15, -0.1) is 0 Å². The van der Waals surface area contributed by atoms with Crippen LogP contribution in [0.2, 0.25) is 0 Å². The van der Waals surface area contributed by atoms with E-state index in [0.717, 1.165) is 69.6 Å². The predicted octanol–water partition coefficient (Wildman–Crippen LogP) is 20.8. The zero-order valence-corrected chi connectivity index (χ0v) is 47.5. The second-order valence-electron chi connectivity index (χ2n) is 22.6. The van der Waals surface area contributed by atoms with Crippen molar-refractivity contribution < 1.29 is 28.6 Å². The lowest BCUT2D eigenvalue weighted by atomic mass is 10.0. The number of hydrogen-bond acceptors (Lipinski definition) is 6. The Morgan fingerprint density at radius 2 is 0.478 bits per heavy atom. The maximum Gasteiger partial charge on any atom is 0.306 e. The van der Waals surface area contributed by atoms with Crippen LogP contribution in [0, 0.1) is 11.8 Å². The Hall–Kier alpha value is -1.59. The first-order chi connectivity index (χ1) is 33.7. The van der Waals surface area contributed by atoms with Gasteiger partial charge in [0, 0.05) is 19.3 Å². The van der Waals surface area contributed by atoms with Crippen LogP contribution in [0.5, 0.6) is 0 Å². The molecule has 1 atom stereocenters. The third-order valence-corrected chi connectivity index (χ3v) is 14.5. The molecule has 0 aliphatic rings. The molecule has 0 saturated heterocycles. The first-order valence-electron chi connectivity index (χ1n) is 31.2. The summed E-state index contributed by atoms with van der Waals surface area (Å²) in [6.45, 7) is 11.4. The summed E-state index contributed by atoms with van der Waals surface area (Å²) in [5, 5.41) is 0. The highest BCUT2D eigenvalue weighted by molar-refractivity contribution is 5.71. The maximum absolute atomic E-state index is 12.9. The Bertz CT molecular complexity index is 1060. The molecule has 0 aromatic heterocycles. The third kappa shape index (κ3) is 57.2. The Kier molecular flexibility index (Phi) is 54.4. The monoisotopic (exact) mass is 975 g/mol. The zero-order chi connectivity index (χ0) is 50.4. The summed E-state index contributed by atoms with van der Waals surface area (Å²) in [7, 11) is 0. The number of carbonyl (C=O) groups excluding carboxylic acids is 3. The Balaban J connectivity index is 4.30. The highest BCUT2D eigenvalue weighted by Crippen LogP contribution is 2.19. The van der Waals surface area contributed by atoms with E-state index in [9.17, 15) is 14.4 Å². The zero-order valence-electron chi connectivity index (χ0n) is 47.5. The van der Waals surface area contributed by atoms with Crippen LogP contribution in [0.4, 0.5) is 0 Å².